The van der Waals surface area contributed by atoms with E-state index in [9.17, 15) is 18.8 Å². The third kappa shape index (κ3) is 4.39. The molecule has 0 aliphatic heterocycles. The van der Waals surface area contributed by atoms with E-state index in [-0.39, 0.29) is 5.56 Å². The monoisotopic (exact) mass is 331 g/mol. The molecule has 124 valence electrons. The van der Waals surface area contributed by atoms with Gasteiger partial charge in [0.15, 0.2) is 6.61 Å². The van der Waals surface area contributed by atoms with Gasteiger partial charge in [-0.3, -0.25) is 4.79 Å². The smallest absolute Gasteiger partial charge is 0.341 e. The Labute approximate surface area is 137 Å². The average molecular weight is 331 g/mol. The maximum absolute atomic E-state index is 13.4. The van der Waals surface area contributed by atoms with Crippen molar-refractivity contribution < 1.29 is 28.2 Å². The summed E-state index contributed by atoms with van der Waals surface area (Å²) in [5.41, 5.74) is 0.504. The van der Waals surface area contributed by atoms with Crippen LogP contribution >= 0.6 is 0 Å². The lowest BCUT2D eigenvalue weighted by Crippen LogP contribution is -2.21. The van der Waals surface area contributed by atoms with E-state index in [0.29, 0.717) is 11.3 Å². The van der Waals surface area contributed by atoms with Crippen LogP contribution in [-0.2, 0) is 14.3 Å². The van der Waals surface area contributed by atoms with Crippen LogP contribution in [0.4, 0.5) is 10.1 Å². The highest BCUT2D eigenvalue weighted by atomic mass is 19.1. The quantitative estimate of drug-likeness (QED) is 0.851. The fourth-order valence-corrected chi connectivity index (χ4v) is 1.84. The van der Waals surface area contributed by atoms with Crippen molar-refractivity contribution in [3.05, 3.63) is 65.5 Å². The zero-order valence-corrected chi connectivity index (χ0v) is 12.7. The topological polar surface area (TPSA) is 81.7 Å². The van der Waals surface area contributed by atoms with Crippen LogP contribution in [-0.4, -0.2) is 31.6 Å². The highest BCUT2D eigenvalue weighted by Gasteiger charge is 2.14. The molecule has 2 aromatic carbocycles. The molecule has 0 aliphatic carbocycles. The Bertz CT molecular complexity index is 758. The average Bonchev–Trinajstić information content (AvgIpc) is 2.60. The van der Waals surface area contributed by atoms with Crippen molar-refractivity contribution >= 4 is 23.5 Å². The Morgan fingerprint density at radius 3 is 2.29 bits per heavy atom. The number of carbonyl (C=O) groups excluding carboxylic acids is 3. The number of hydrogen-bond donors (Lipinski definition) is 1. The van der Waals surface area contributed by atoms with Gasteiger partial charge < -0.3 is 14.8 Å². The van der Waals surface area contributed by atoms with Gasteiger partial charge in [-0.1, -0.05) is 12.1 Å². The summed E-state index contributed by atoms with van der Waals surface area (Å²) in [6.45, 7) is -0.564. The van der Waals surface area contributed by atoms with Crippen molar-refractivity contribution in [1.82, 2.24) is 0 Å². The van der Waals surface area contributed by atoms with Gasteiger partial charge in [-0.2, -0.15) is 0 Å². The molecule has 0 spiro atoms. The standard InChI is InChI=1S/C17H14FNO5/c1-23-16(21)11-6-8-12(9-7-11)19-15(20)10-24-17(22)13-4-2-3-5-14(13)18/h2-9H,10H2,1H3,(H,19,20). The molecule has 0 unspecified atom stereocenters. The van der Waals surface area contributed by atoms with E-state index in [4.69, 9.17) is 4.74 Å². The molecule has 0 aliphatic rings. The number of benzene rings is 2. The molecule has 24 heavy (non-hydrogen) atoms. The number of amides is 1. The second kappa shape index (κ2) is 7.87. The molecule has 7 heteroatoms. The number of nitrogens with one attached hydrogen (secondary N) is 1. The van der Waals surface area contributed by atoms with Crippen molar-refractivity contribution in [2.24, 2.45) is 0 Å². The Hall–Kier alpha value is -3.22. The minimum atomic E-state index is -0.927. The van der Waals surface area contributed by atoms with Gasteiger partial charge in [-0.15, -0.1) is 0 Å². The van der Waals surface area contributed by atoms with Crippen LogP contribution in [0, 0.1) is 5.82 Å². The molecule has 1 N–H and O–H groups in total. The molecule has 0 fully saturated rings. The Balaban J connectivity index is 1.88. The number of esters is 2. The first-order chi connectivity index (χ1) is 11.5. The molecule has 1 amide bonds. The lowest BCUT2D eigenvalue weighted by atomic mass is 10.2. The summed E-state index contributed by atoms with van der Waals surface area (Å²) < 4.78 is 22.7. The third-order valence-corrected chi connectivity index (χ3v) is 3.02. The van der Waals surface area contributed by atoms with Gasteiger partial charge in [0, 0.05) is 5.69 Å². The summed E-state index contributed by atoms with van der Waals surface area (Å²) in [6, 6.07) is 11.3. The molecular weight excluding hydrogens is 317 g/mol. The van der Waals surface area contributed by atoms with Crippen LogP contribution in [0.1, 0.15) is 20.7 Å². The van der Waals surface area contributed by atoms with Crippen LogP contribution < -0.4 is 5.32 Å². The fourth-order valence-electron chi connectivity index (χ4n) is 1.84. The van der Waals surface area contributed by atoms with Gasteiger partial charge in [0.25, 0.3) is 5.91 Å². The zero-order valence-electron chi connectivity index (χ0n) is 12.7. The summed E-state index contributed by atoms with van der Waals surface area (Å²) in [7, 11) is 1.27. The highest BCUT2D eigenvalue weighted by molar-refractivity contribution is 5.96. The number of halogens is 1. The van der Waals surface area contributed by atoms with E-state index < -0.39 is 30.3 Å². The van der Waals surface area contributed by atoms with E-state index in [0.717, 1.165) is 6.07 Å². The molecular formula is C17H14FNO5. The first-order valence-corrected chi connectivity index (χ1v) is 6.91. The predicted molar refractivity (Wildman–Crippen MR) is 83.1 cm³/mol. The third-order valence-electron chi connectivity index (χ3n) is 3.02. The number of hydrogen-bond acceptors (Lipinski definition) is 5. The summed E-state index contributed by atoms with van der Waals surface area (Å²) in [4.78, 5) is 34.7. The number of carbonyl (C=O) groups is 3. The molecule has 0 aromatic heterocycles. The number of anilines is 1. The molecule has 0 atom stereocenters. The Morgan fingerprint density at radius 1 is 1.00 bits per heavy atom. The summed E-state index contributed by atoms with van der Waals surface area (Å²) in [6.07, 6.45) is 0. The van der Waals surface area contributed by atoms with Crippen LogP contribution in [0.2, 0.25) is 0 Å². The van der Waals surface area contributed by atoms with Gasteiger partial charge in [0.05, 0.1) is 18.2 Å². The van der Waals surface area contributed by atoms with Gasteiger partial charge in [0.1, 0.15) is 5.82 Å². The molecule has 2 aromatic rings. The minimum absolute atomic E-state index is 0.243. The summed E-state index contributed by atoms with van der Waals surface area (Å²) in [5, 5.41) is 2.49. The zero-order chi connectivity index (χ0) is 17.5. The summed E-state index contributed by atoms with van der Waals surface area (Å²) >= 11 is 0. The lowest BCUT2D eigenvalue weighted by Gasteiger charge is -2.07. The maximum atomic E-state index is 13.4. The molecule has 0 heterocycles. The minimum Gasteiger partial charge on any atom is -0.465 e. The first kappa shape index (κ1) is 17.1. The molecule has 0 radical (unpaired) electrons. The molecule has 0 bridgehead atoms. The second-order valence-electron chi connectivity index (χ2n) is 4.67. The van der Waals surface area contributed by atoms with E-state index in [1.807, 2.05) is 0 Å². The molecule has 0 saturated carbocycles. The number of rotatable bonds is 5. The molecule has 0 saturated heterocycles. The SMILES string of the molecule is COC(=O)c1ccc(NC(=O)COC(=O)c2ccccc2F)cc1. The fraction of sp³-hybridized carbons (Fsp3) is 0.118. The highest BCUT2D eigenvalue weighted by Crippen LogP contribution is 2.11. The molecule has 6 nitrogen and oxygen atoms in total. The van der Waals surface area contributed by atoms with Crippen LogP contribution in [0.15, 0.2) is 48.5 Å². The van der Waals surface area contributed by atoms with Crippen molar-refractivity contribution in [3.63, 3.8) is 0 Å². The van der Waals surface area contributed by atoms with E-state index >= 15 is 0 Å². The van der Waals surface area contributed by atoms with Crippen molar-refractivity contribution in [1.29, 1.82) is 0 Å². The van der Waals surface area contributed by atoms with Crippen molar-refractivity contribution in [3.8, 4) is 0 Å². The largest absolute Gasteiger partial charge is 0.465 e. The normalized spacial score (nSPS) is 9.92. The van der Waals surface area contributed by atoms with E-state index in [2.05, 4.69) is 10.1 Å². The maximum Gasteiger partial charge on any atom is 0.341 e. The van der Waals surface area contributed by atoms with Gasteiger partial charge in [-0.05, 0) is 36.4 Å². The van der Waals surface area contributed by atoms with Gasteiger partial charge >= 0.3 is 11.9 Å². The van der Waals surface area contributed by atoms with Crippen LogP contribution in [0.25, 0.3) is 0 Å². The Morgan fingerprint density at radius 2 is 1.67 bits per heavy atom. The Kier molecular flexibility index (Phi) is 5.62. The van der Waals surface area contributed by atoms with Crippen LogP contribution in [0.3, 0.4) is 0 Å². The molecule has 2 rings (SSSR count). The second-order valence-corrected chi connectivity index (χ2v) is 4.67. The lowest BCUT2D eigenvalue weighted by molar-refractivity contribution is -0.119. The van der Waals surface area contributed by atoms with Crippen LogP contribution in [0.5, 0.6) is 0 Å². The summed E-state index contributed by atoms with van der Waals surface area (Å²) in [5.74, 6) is -2.73. The van der Waals surface area contributed by atoms with E-state index in [1.165, 1.54) is 49.6 Å². The van der Waals surface area contributed by atoms with Gasteiger partial charge in [-0.25, -0.2) is 14.0 Å². The number of methoxy groups -OCH3 is 1. The van der Waals surface area contributed by atoms with Gasteiger partial charge in [0.2, 0.25) is 0 Å². The van der Waals surface area contributed by atoms with E-state index in [1.54, 1.807) is 0 Å². The first-order valence-electron chi connectivity index (χ1n) is 6.91. The van der Waals surface area contributed by atoms with Crippen molar-refractivity contribution in [2.45, 2.75) is 0 Å². The number of ether oxygens (including phenoxy) is 2. The van der Waals surface area contributed by atoms with Crippen molar-refractivity contribution in [2.75, 3.05) is 19.0 Å². The predicted octanol–water partition coefficient (Wildman–Crippen LogP) is 2.41.